The van der Waals surface area contributed by atoms with Crippen LogP contribution in [0, 0.1) is 0 Å². The van der Waals surface area contributed by atoms with Crippen molar-refractivity contribution in [1.82, 2.24) is 5.32 Å². The van der Waals surface area contributed by atoms with Crippen molar-refractivity contribution < 1.29 is 4.79 Å². The van der Waals surface area contributed by atoms with Gasteiger partial charge in [0.1, 0.15) is 0 Å². The minimum Gasteiger partial charge on any atom is -0.349 e. The average Bonchev–Trinajstić information content (AvgIpc) is 2.28. The van der Waals surface area contributed by atoms with Crippen molar-refractivity contribution >= 4 is 37.8 Å². The standard InChI is InChI=1S/C12H15Br2NO/c1-3-10(13)12(16)15-8(2)9-6-4-5-7-11(9)14/h4-8,10H,3H2,1-2H3,(H,15,16). The van der Waals surface area contributed by atoms with E-state index in [0.29, 0.717) is 0 Å². The first-order chi connectivity index (χ1) is 7.56. The molecule has 2 unspecified atom stereocenters. The van der Waals surface area contributed by atoms with Gasteiger partial charge in [-0.3, -0.25) is 4.79 Å². The van der Waals surface area contributed by atoms with E-state index in [9.17, 15) is 4.79 Å². The second kappa shape index (κ2) is 6.40. The third-order valence-electron chi connectivity index (χ3n) is 2.37. The molecule has 2 nitrogen and oxygen atoms in total. The minimum atomic E-state index is -0.113. The monoisotopic (exact) mass is 347 g/mol. The van der Waals surface area contributed by atoms with Crippen LogP contribution in [0.25, 0.3) is 0 Å². The molecule has 1 amide bonds. The Balaban J connectivity index is 2.69. The smallest absolute Gasteiger partial charge is 0.234 e. The molecule has 0 aliphatic rings. The number of carbonyl (C=O) groups excluding carboxylic acids is 1. The van der Waals surface area contributed by atoms with Crippen molar-refractivity contribution in [3.63, 3.8) is 0 Å². The Morgan fingerprint density at radius 3 is 2.62 bits per heavy atom. The van der Waals surface area contributed by atoms with Gasteiger partial charge in [0, 0.05) is 4.47 Å². The molecular formula is C12H15Br2NO. The zero-order valence-electron chi connectivity index (χ0n) is 9.34. The van der Waals surface area contributed by atoms with Gasteiger partial charge in [0.2, 0.25) is 5.91 Å². The van der Waals surface area contributed by atoms with Crippen molar-refractivity contribution in [2.24, 2.45) is 0 Å². The third-order valence-corrected chi connectivity index (χ3v) is 4.16. The lowest BCUT2D eigenvalue weighted by Gasteiger charge is -2.17. The SMILES string of the molecule is CCC(Br)C(=O)NC(C)c1ccccc1Br. The van der Waals surface area contributed by atoms with Crippen LogP contribution in [-0.4, -0.2) is 10.7 Å². The summed E-state index contributed by atoms with van der Waals surface area (Å²) in [6.07, 6.45) is 0.786. The zero-order chi connectivity index (χ0) is 12.1. The van der Waals surface area contributed by atoms with Gasteiger partial charge in [-0.05, 0) is 25.0 Å². The van der Waals surface area contributed by atoms with Crippen LogP contribution in [0.15, 0.2) is 28.7 Å². The van der Waals surface area contributed by atoms with Crippen LogP contribution in [-0.2, 0) is 4.79 Å². The van der Waals surface area contributed by atoms with Gasteiger partial charge in [-0.1, -0.05) is 57.0 Å². The lowest BCUT2D eigenvalue weighted by atomic mass is 10.1. The van der Waals surface area contributed by atoms with Crippen LogP contribution in [0.4, 0.5) is 0 Å². The molecule has 0 spiro atoms. The first kappa shape index (κ1) is 13.7. The highest BCUT2D eigenvalue weighted by Crippen LogP contribution is 2.23. The largest absolute Gasteiger partial charge is 0.349 e. The third kappa shape index (κ3) is 3.59. The van der Waals surface area contributed by atoms with Gasteiger partial charge >= 0.3 is 0 Å². The predicted octanol–water partition coefficient (Wildman–Crippen LogP) is 3.80. The van der Waals surface area contributed by atoms with E-state index in [1.807, 2.05) is 38.1 Å². The number of halogens is 2. The van der Waals surface area contributed by atoms with E-state index in [-0.39, 0.29) is 16.8 Å². The van der Waals surface area contributed by atoms with E-state index in [1.54, 1.807) is 0 Å². The van der Waals surface area contributed by atoms with Crippen molar-refractivity contribution in [3.05, 3.63) is 34.3 Å². The maximum atomic E-state index is 11.7. The molecule has 0 aliphatic carbocycles. The van der Waals surface area contributed by atoms with Crippen molar-refractivity contribution in [3.8, 4) is 0 Å². The van der Waals surface area contributed by atoms with Crippen molar-refractivity contribution in [2.45, 2.75) is 31.1 Å². The summed E-state index contributed by atoms with van der Waals surface area (Å²) in [4.78, 5) is 11.6. The number of hydrogen-bond donors (Lipinski definition) is 1. The highest BCUT2D eigenvalue weighted by molar-refractivity contribution is 9.10. The van der Waals surface area contributed by atoms with Crippen molar-refractivity contribution in [2.75, 3.05) is 0 Å². The Labute approximate surface area is 113 Å². The Kier molecular flexibility index (Phi) is 5.49. The maximum Gasteiger partial charge on any atom is 0.234 e. The van der Waals surface area contributed by atoms with E-state index < -0.39 is 0 Å². The number of nitrogens with one attached hydrogen (secondary N) is 1. The summed E-state index contributed by atoms with van der Waals surface area (Å²) >= 11 is 6.82. The van der Waals surface area contributed by atoms with Gasteiger partial charge in [-0.15, -0.1) is 0 Å². The van der Waals surface area contributed by atoms with Crippen LogP contribution >= 0.6 is 31.9 Å². The van der Waals surface area contributed by atoms with Gasteiger partial charge < -0.3 is 5.32 Å². The van der Waals surface area contributed by atoms with Gasteiger partial charge in [0.05, 0.1) is 10.9 Å². The Morgan fingerprint density at radius 2 is 2.06 bits per heavy atom. The number of amides is 1. The van der Waals surface area contributed by atoms with Gasteiger partial charge in [0.25, 0.3) is 0 Å². The Morgan fingerprint density at radius 1 is 1.44 bits per heavy atom. The molecule has 16 heavy (non-hydrogen) atoms. The minimum absolute atomic E-state index is 0.00896. The zero-order valence-corrected chi connectivity index (χ0v) is 12.5. The summed E-state index contributed by atoms with van der Waals surface area (Å²) < 4.78 is 1.02. The van der Waals surface area contributed by atoms with Crippen molar-refractivity contribution in [1.29, 1.82) is 0 Å². The summed E-state index contributed by atoms with van der Waals surface area (Å²) in [5.41, 5.74) is 1.09. The van der Waals surface area contributed by atoms with Crippen LogP contribution in [0.3, 0.4) is 0 Å². The summed E-state index contributed by atoms with van der Waals surface area (Å²) in [6.45, 7) is 3.95. The maximum absolute atomic E-state index is 11.7. The number of hydrogen-bond acceptors (Lipinski definition) is 1. The number of benzene rings is 1. The molecule has 1 N–H and O–H groups in total. The summed E-state index contributed by atoms with van der Waals surface area (Å²) in [5, 5.41) is 2.97. The molecule has 2 atom stereocenters. The molecule has 0 radical (unpaired) electrons. The predicted molar refractivity (Wildman–Crippen MR) is 73.7 cm³/mol. The second-order valence-electron chi connectivity index (χ2n) is 3.63. The second-order valence-corrected chi connectivity index (χ2v) is 5.59. The quantitative estimate of drug-likeness (QED) is 0.824. The van der Waals surface area contributed by atoms with E-state index in [1.165, 1.54) is 0 Å². The molecule has 0 saturated heterocycles. The molecule has 88 valence electrons. The van der Waals surface area contributed by atoms with E-state index in [4.69, 9.17) is 0 Å². The van der Waals surface area contributed by atoms with E-state index in [0.717, 1.165) is 16.5 Å². The molecule has 1 rings (SSSR count). The highest BCUT2D eigenvalue weighted by Gasteiger charge is 2.16. The molecule has 0 aliphatic heterocycles. The first-order valence-electron chi connectivity index (χ1n) is 5.25. The van der Waals surface area contributed by atoms with Crippen LogP contribution in [0.1, 0.15) is 31.9 Å². The van der Waals surface area contributed by atoms with Crippen LogP contribution < -0.4 is 5.32 Å². The normalized spacial score (nSPS) is 14.2. The molecule has 0 heterocycles. The summed E-state index contributed by atoms with van der Waals surface area (Å²) in [5.74, 6) is 0.0331. The van der Waals surface area contributed by atoms with E-state index >= 15 is 0 Å². The lowest BCUT2D eigenvalue weighted by Crippen LogP contribution is -2.32. The van der Waals surface area contributed by atoms with Gasteiger partial charge in [-0.2, -0.15) is 0 Å². The Bertz CT molecular complexity index is 368. The molecule has 0 saturated carbocycles. The van der Waals surface area contributed by atoms with Gasteiger partial charge in [-0.25, -0.2) is 0 Å². The topological polar surface area (TPSA) is 29.1 Å². The molecule has 0 aromatic heterocycles. The highest BCUT2D eigenvalue weighted by atomic mass is 79.9. The fourth-order valence-corrected chi connectivity index (χ4v) is 2.15. The number of carbonyl (C=O) groups is 1. The fraction of sp³-hybridized carbons (Fsp3) is 0.417. The average molecular weight is 349 g/mol. The molecule has 0 bridgehead atoms. The molecule has 1 aromatic rings. The fourth-order valence-electron chi connectivity index (χ4n) is 1.39. The Hall–Kier alpha value is -0.350. The van der Waals surface area contributed by atoms with Gasteiger partial charge in [0.15, 0.2) is 0 Å². The van der Waals surface area contributed by atoms with Crippen LogP contribution in [0.5, 0.6) is 0 Å². The summed E-state index contributed by atoms with van der Waals surface area (Å²) in [6, 6.07) is 7.91. The first-order valence-corrected chi connectivity index (χ1v) is 6.96. The molecule has 0 fully saturated rings. The van der Waals surface area contributed by atoms with Crippen LogP contribution in [0.2, 0.25) is 0 Å². The molecular weight excluding hydrogens is 334 g/mol. The van der Waals surface area contributed by atoms with E-state index in [2.05, 4.69) is 37.2 Å². The molecule has 1 aromatic carbocycles. The number of rotatable bonds is 4. The number of alkyl halides is 1. The lowest BCUT2D eigenvalue weighted by molar-refractivity contribution is -0.121. The molecule has 4 heteroatoms. The summed E-state index contributed by atoms with van der Waals surface area (Å²) in [7, 11) is 0.